The molecule has 0 aliphatic carbocycles. The number of nitrogens with zero attached hydrogens (tertiary/aromatic N) is 1. The van der Waals surface area contributed by atoms with E-state index < -0.39 is 0 Å². The van der Waals surface area contributed by atoms with Gasteiger partial charge >= 0.3 is 0 Å². The van der Waals surface area contributed by atoms with E-state index in [2.05, 4.69) is 34.6 Å². The summed E-state index contributed by atoms with van der Waals surface area (Å²) in [6.45, 7) is 1.96. The predicted molar refractivity (Wildman–Crippen MR) is 71.0 cm³/mol. The molecule has 0 unspecified atom stereocenters. The van der Waals surface area contributed by atoms with E-state index in [4.69, 9.17) is 0 Å². The van der Waals surface area contributed by atoms with Gasteiger partial charge in [0.05, 0.1) is 5.51 Å². The third-order valence-electron chi connectivity index (χ3n) is 2.07. The molecular weight excluding hydrogens is 236 g/mol. The fourth-order valence-electron chi connectivity index (χ4n) is 1.30. The van der Waals surface area contributed by atoms with Crippen molar-refractivity contribution in [3.8, 4) is 0 Å². The van der Waals surface area contributed by atoms with E-state index in [1.165, 1.54) is 9.77 Å². The molecule has 1 heterocycles. The Morgan fingerprint density at radius 2 is 2.12 bits per heavy atom. The lowest BCUT2D eigenvalue weighted by atomic mass is 10.4. The molecule has 2 aromatic rings. The highest BCUT2D eigenvalue weighted by Gasteiger charge is 1.94. The number of nitrogens with one attached hydrogen (secondary N) is 1. The number of thioether (sulfide) groups is 1. The summed E-state index contributed by atoms with van der Waals surface area (Å²) in [5.74, 6) is 1.10. The first-order chi connectivity index (χ1) is 7.95. The van der Waals surface area contributed by atoms with E-state index in [9.17, 15) is 0 Å². The molecule has 0 aliphatic heterocycles. The summed E-state index contributed by atoms with van der Waals surface area (Å²) in [4.78, 5) is 6.67. The molecule has 2 rings (SSSR count). The molecule has 4 heteroatoms. The third kappa shape index (κ3) is 3.96. The van der Waals surface area contributed by atoms with Crippen molar-refractivity contribution in [1.82, 2.24) is 10.3 Å². The van der Waals surface area contributed by atoms with Crippen LogP contribution in [-0.2, 0) is 6.54 Å². The fourth-order valence-corrected chi connectivity index (χ4v) is 2.69. The van der Waals surface area contributed by atoms with Gasteiger partial charge in [-0.15, -0.1) is 23.1 Å². The van der Waals surface area contributed by atoms with Crippen LogP contribution >= 0.6 is 23.1 Å². The van der Waals surface area contributed by atoms with Gasteiger partial charge in [0, 0.05) is 34.8 Å². The summed E-state index contributed by atoms with van der Waals surface area (Å²) < 4.78 is 0. The molecule has 0 bridgehead atoms. The Kier molecular flexibility index (Phi) is 4.86. The molecule has 2 nitrogen and oxygen atoms in total. The summed E-state index contributed by atoms with van der Waals surface area (Å²) >= 11 is 3.58. The molecule has 0 saturated heterocycles. The number of hydrogen-bond acceptors (Lipinski definition) is 4. The SMILES string of the molecule is c1ccc(SCCNCc2cncs2)cc1. The smallest absolute Gasteiger partial charge is 0.0794 e. The summed E-state index contributed by atoms with van der Waals surface area (Å²) in [5, 5.41) is 3.41. The number of rotatable bonds is 6. The van der Waals surface area contributed by atoms with Crippen molar-refractivity contribution < 1.29 is 0 Å². The van der Waals surface area contributed by atoms with Crippen LogP contribution in [0.2, 0.25) is 0 Å². The van der Waals surface area contributed by atoms with Gasteiger partial charge in [-0.3, -0.25) is 4.98 Å². The van der Waals surface area contributed by atoms with Gasteiger partial charge in [0.15, 0.2) is 0 Å². The minimum Gasteiger partial charge on any atom is -0.311 e. The predicted octanol–water partition coefficient (Wildman–Crippen LogP) is 3.03. The third-order valence-corrected chi connectivity index (χ3v) is 3.87. The van der Waals surface area contributed by atoms with Crippen LogP contribution in [0.4, 0.5) is 0 Å². The van der Waals surface area contributed by atoms with Gasteiger partial charge in [0.2, 0.25) is 0 Å². The van der Waals surface area contributed by atoms with E-state index in [1.54, 1.807) is 11.3 Å². The molecule has 0 radical (unpaired) electrons. The number of hydrogen-bond donors (Lipinski definition) is 1. The Bertz CT molecular complexity index is 387. The molecule has 0 amide bonds. The van der Waals surface area contributed by atoms with Crippen LogP contribution in [0, 0.1) is 0 Å². The average molecular weight is 250 g/mol. The highest BCUT2D eigenvalue weighted by atomic mass is 32.2. The maximum absolute atomic E-state index is 4.04. The highest BCUT2D eigenvalue weighted by molar-refractivity contribution is 7.99. The van der Waals surface area contributed by atoms with Crippen molar-refractivity contribution >= 4 is 23.1 Å². The largest absolute Gasteiger partial charge is 0.311 e. The van der Waals surface area contributed by atoms with E-state index in [-0.39, 0.29) is 0 Å². The topological polar surface area (TPSA) is 24.9 Å². The molecular formula is C12H14N2S2. The lowest BCUT2D eigenvalue weighted by Gasteiger charge is -2.02. The first kappa shape index (κ1) is 11.6. The summed E-state index contributed by atoms with van der Waals surface area (Å²) in [7, 11) is 0. The molecule has 1 N–H and O–H groups in total. The van der Waals surface area contributed by atoms with Crippen LogP contribution in [0.1, 0.15) is 4.88 Å². The van der Waals surface area contributed by atoms with Gasteiger partial charge in [0.25, 0.3) is 0 Å². The zero-order valence-electron chi connectivity index (χ0n) is 8.93. The van der Waals surface area contributed by atoms with Crippen molar-refractivity contribution in [3.63, 3.8) is 0 Å². The van der Waals surface area contributed by atoms with Crippen LogP contribution in [0.3, 0.4) is 0 Å². The quantitative estimate of drug-likeness (QED) is 0.630. The standard InChI is InChI=1S/C12H14N2S2/c1-2-4-11(5-3-1)15-7-6-13-8-12-9-14-10-16-12/h1-5,9-10,13H,6-8H2. The van der Waals surface area contributed by atoms with Crippen LogP contribution in [-0.4, -0.2) is 17.3 Å². The van der Waals surface area contributed by atoms with Gasteiger partial charge in [-0.1, -0.05) is 18.2 Å². The second kappa shape index (κ2) is 6.68. The second-order valence-electron chi connectivity index (χ2n) is 3.31. The summed E-state index contributed by atoms with van der Waals surface area (Å²) in [5.41, 5.74) is 1.87. The molecule has 84 valence electrons. The molecule has 0 fully saturated rings. The number of thiazole rings is 1. The maximum Gasteiger partial charge on any atom is 0.0794 e. The normalized spacial score (nSPS) is 10.5. The Balaban J connectivity index is 1.59. The van der Waals surface area contributed by atoms with Crippen molar-refractivity contribution in [2.24, 2.45) is 0 Å². The van der Waals surface area contributed by atoms with Gasteiger partial charge < -0.3 is 5.32 Å². The molecule has 1 aromatic heterocycles. The number of aromatic nitrogens is 1. The van der Waals surface area contributed by atoms with Crippen molar-refractivity contribution in [1.29, 1.82) is 0 Å². The van der Waals surface area contributed by atoms with Crippen LogP contribution in [0.25, 0.3) is 0 Å². The van der Waals surface area contributed by atoms with Gasteiger partial charge in [-0.2, -0.15) is 0 Å². The van der Waals surface area contributed by atoms with E-state index in [1.807, 2.05) is 29.5 Å². The van der Waals surface area contributed by atoms with Crippen molar-refractivity contribution in [2.45, 2.75) is 11.4 Å². The zero-order chi connectivity index (χ0) is 11.1. The van der Waals surface area contributed by atoms with Gasteiger partial charge in [0.1, 0.15) is 0 Å². The van der Waals surface area contributed by atoms with Crippen LogP contribution in [0.15, 0.2) is 46.9 Å². The van der Waals surface area contributed by atoms with Crippen LogP contribution in [0.5, 0.6) is 0 Å². The Labute approximate surface area is 104 Å². The molecule has 16 heavy (non-hydrogen) atoms. The van der Waals surface area contributed by atoms with E-state index in [0.717, 1.165) is 18.8 Å². The zero-order valence-corrected chi connectivity index (χ0v) is 10.6. The second-order valence-corrected chi connectivity index (χ2v) is 5.45. The fraction of sp³-hybridized carbons (Fsp3) is 0.250. The highest BCUT2D eigenvalue weighted by Crippen LogP contribution is 2.15. The molecule has 0 aliphatic rings. The van der Waals surface area contributed by atoms with Gasteiger partial charge in [-0.25, -0.2) is 0 Å². The lowest BCUT2D eigenvalue weighted by Crippen LogP contribution is -2.15. The Morgan fingerprint density at radius 1 is 1.25 bits per heavy atom. The average Bonchev–Trinajstić information content (AvgIpc) is 2.83. The Morgan fingerprint density at radius 3 is 2.88 bits per heavy atom. The number of benzene rings is 1. The van der Waals surface area contributed by atoms with Crippen molar-refractivity contribution in [3.05, 3.63) is 46.9 Å². The lowest BCUT2D eigenvalue weighted by molar-refractivity contribution is 0.740. The van der Waals surface area contributed by atoms with Gasteiger partial charge in [-0.05, 0) is 12.1 Å². The minimum atomic E-state index is 0.931. The Hall–Kier alpha value is -0.840. The minimum absolute atomic E-state index is 0.931. The molecule has 0 spiro atoms. The van der Waals surface area contributed by atoms with Crippen molar-refractivity contribution in [2.75, 3.05) is 12.3 Å². The molecule has 0 saturated carbocycles. The summed E-state index contributed by atoms with van der Waals surface area (Å²) in [6, 6.07) is 10.5. The maximum atomic E-state index is 4.04. The van der Waals surface area contributed by atoms with Crippen LogP contribution < -0.4 is 5.32 Å². The monoisotopic (exact) mass is 250 g/mol. The van der Waals surface area contributed by atoms with E-state index >= 15 is 0 Å². The molecule has 0 atom stereocenters. The van der Waals surface area contributed by atoms with E-state index in [0.29, 0.717) is 0 Å². The first-order valence-corrected chi connectivity index (χ1v) is 7.07. The summed E-state index contributed by atoms with van der Waals surface area (Å²) in [6.07, 6.45) is 1.92. The molecule has 1 aromatic carbocycles. The first-order valence-electron chi connectivity index (χ1n) is 5.21.